The molecular weight excluding hydrogens is 388 g/mol. The van der Waals surface area contributed by atoms with Crippen molar-refractivity contribution in [2.45, 2.75) is 43.8 Å². The SMILES string of the molecule is O=C(CCS(=O)(=O)C1CCCC1)NCCS(=O)(=O)N1CCc2ccccc21. The van der Waals surface area contributed by atoms with Crippen molar-refractivity contribution in [3.05, 3.63) is 29.8 Å². The van der Waals surface area contributed by atoms with E-state index in [-0.39, 0.29) is 29.7 Å². The summed E-state index contributed by atoms with van der Waals surface area (Å²) in [6.45, 7) is 0.387. The fourth-order valence-corrected chi connectivity index (χ4v) is 7.05. The van der Waals surface area contributed by atoms with Gasteiger partial charge in [0.25, 0.3) is 0 Å². The Morgan fingerprint density at radius 2 is 1.78 bits per heavy atom. The number of nitrogens with zero attached hydrogens (tertiary/aromatic N) is 1. The van der Waals surface area contributed by atoms with Crippen LogP contribution in [0.15, 0.2) is 24.3 Å². The number of hydrogen-bond acceptors (Lipinski definition) is 5. The highest BCUT2D eigenvalue weighted by molar-refractivity contribution is 7.92. The molecule has 0 radical (unpaired) electrons. The second-order valence-electron chi connectivity index (χ2n) is 7.14. The maximum Gasteiger partial charge on any atom is 0.236 e. The average molecular weight is 415 g/mol. The summed E-state index contributed by atoms with van der Waals surface area (Å²) >= 11 is 0. The Labute approximate surface area is 161 Å². The fourth-order valence-electron chi connectivity index (χ4n) is 3.76. The van der Waals surface area contributed by atoms with Crippen molar-refractivity contribution in [2.75, 3.05) is 28.9 Å². The number of hydrogen-bond donors (Lipinski definition) is 1. The van der Waals surface area contributed by atoms with Crippen LogP contribution in [0.5, 0.6) is 0 Å². The molecule has 0 unspecified atom stereocenters. The topological polar surface area (TPSA) is 101 Å². The third-order valence-electron chi connectivity index (χ3n) is 5.29. The Kier molecular flexibility index (Phi) is 6.10. The molecule has 9 heteroatoms. The van der Waals surface area contributed by atoms with E-state index in [0.29, 0.717) is 31.5 Å². The number of amides is 1. The minimum Gasteiger partial charge on any atom is -0.355 e. The number of sulfone groups is 1. The van der Waals surface area contributed by atoms with Crippen LogP contribution in [0.2, 0.25) is 0 Å². The van der Waals surface area contributed by atoms with Crippen molar-refractivity contribution in [1.82, 2.24) is 5.32 Å². The smallest absolute Gasteiger partial charge is 0.236 e. The maximum atomic E-state index is 12.5. The minimum absolute atomic E-state index is 0.0245. The van der Waals surface area contributed by atoms with Crippen LogP contribution in [-0.2, 0) is 31.1 Å². The molecule has 1 aliphatic heterocycles. The summed E-state index contributed by atoms with van der Waals surface area (Å²) < 4.78 is 50.8. The molecular formula is C18H26N2O5S2. The third kappa shape index (κ3) is 4.82. The van der Waals surface area contributed by atoms with Gasteiger partial charge in [0, 0.05) is 19.5 Å². The lowest BCUT2D eigenvalue weighted by Gasteiger charge is -2.19. The van der Waals surface area contributed by atoms with Gasteiger partial charge in [-0.15, -0.1) is 0 Å². The molecule has 7 nitrogen and oxygen atoms in total. The van der Waals surface area contributed by atoms with Gasteiger partial charge in [-0.25, -0.2) is 16.8 Å². The highest BCUT2D eigenvalue weighted by atomic mass is 32.2. The first-order valence-electron chi connectivity index (χ1n) is 9.36. The number of carbonyl (C=O) groups is 1. The van der Waals surface area contributed by atoms with Crippen LogP contribution in [0.4, 0.5) is 5.69 Å². The number of nitrogens with one attached hydrogen (secondary N) is 1. The number of anilines is 1. The van der Waals surface area contributed by atoms with Crippen LogP contribution in [0.25, 0.3) is 0 Å². The summed E-state index contributed by atoms with van der Waals surface area (Å²) in [5, 5.41) is 2.22. The molecule has 1 heterocycles. The van der Waals surface area contributed by atoms with E-state index in [9.17, 15) is 21.6 Å². The Bertz CT molecular complexity index is 890. The zero-order valence-corrected chi connectivity index (χ0v) is 16.9. The molecule has 0 aromatic heterocycles. The second-order valence-corrected chi connectivity index (χ2v) is 11.6. The van der Waals surface area contributed by atoms with Crippen molar-refractivity contribution in [3.8, 4) is 0 Å². The van der Waals surface area contributed by atoms with Crippen molar-refractivity contribution in [1.29, 1.82) is 0 Å². The van der Waals surface area contributed by atoms with Gasteiger partial charge in [0.05, 0.1) is 22.4 Å². The number of carbonyl (C=O) groups excluding carboxylic acids is 1. The molecule has 1 aromatic carbocycles. The van der Waals surface area contributed by atoms with E-state index in [0.717, 1.165) is 18.4 Å². The number of benzene rings is 1. The van der Waals surface area contributed by atoms with E-state index in [4.69, 9.17) is 0 Å². The Hall–Kier alpha value is -1.61. The monoisotopic (exact) mass is 414 g/mol. The zero-order valence-electron chi connectivity index (χ0n) is 15.3. The summed E-state index contributed by atoms with van der Waals surface area (Å²) in [5.41, 5.74) is 1.70. The number of rotatable bonds is 8. The molecule has 1 saturated carbocycles. The van der Waals surface area contributed by atoms with E-state index in [1.165, 1.54) is 4.31 Å². The third-order valence-corrected chi connectivity index (χ3v) is 9.32. The molecule has 0 saturated heterocycles. The van der Waals surface area contributed by atoms with Gasteiger partial charge < -0.3 is 5.32 Å². The number of para-hydroxylation sites is 1. The van der Waals surface area contributed by atoms with Crippen LogP contribution in [0.1, 0.15) is 37.7 Å². The predicted octanol–water partition coefficient (Wildman–Crippen LogP) is 1.24. The Morgan fingerprint density at radius 1 is 1.07 bits per heavy atom. The molecule has 1 aliphatic carbocycles. The Morgan fingerprint density at radius 3 is 2.52 bits per heavy atom. The molecule has 0 spiro atoms. The number of fused-ring (bicyclic) bond motifs is 1. The highest BCUT2D eigenvalue weighted by Gasteiger charge is 2.30. The molecule has 3 rings (SSSR count). The van der Waals surface area contributed by atoms with Crippen molar-refractivity contribution in [3.63, 3.8) is 0 Å². The Balaban J connectivity index is 1.46. The van der Waals surface area contributed by atoms with E-state index in [1.54, 1.807) is 12.1 Å². The largest absolute Gasteiger partial charge is 0.355 e. The summed E-state index contributed by atoms with van der Waals surface area (Å²) in [7, 11) is -6.77. The van der Waals surface area contributed by atoms with Crippen LogP contribution in [-0.4, -0.2) is 52.6 Å². The first kappa shape index (κ1) is 20.1. The molecule has 27 heavy (non-hydrogen) atoms. The lowest BCUT2D eigenvalue weighted by atomic mass is 10.2. The molecule has 1 N–H and O–H groups in total. The predicted molar refractivity (Wildman–Crippen MR) is 105 cm³/mol. The summed E-state index contributed by atoms with van der Waals surface area (Å²) in [6, 6.07) is 7.39. The van der Waals surface area contributed by atoms with Gasteiger partial charge in [0.2, 0.25) is 15.9 Å². The molecule has 1 fully saturated rings. The standard InChI is InChI=1S/C18H26N2O5S2/c21-18(10-13-26(22,23)16-6-2-3-7-16)19-11-14-27(24,25)20-12-9-15-5-1-4-8-17(15)20/h1,4-5,8,16H,2-3,6-7,9-14H2,(H,19,21). The molecule has 0 atom stereocenters. The van der Waals surface area contributed by atoms with Gasteiger partial charge in [0.1, 0.15) is 0 Å². The van der Waals surface area contributed by atoms with Gasteiger partial charge in [-0.1, -0.05) is 31.0 Å². The molecule has 0 bridgehead atoms. The van der Waals surface area contributed by atoms with E-state index in [1.807, 2.05) is 12.1 Å². The van der Waals surface area contributed by atoms with Gasteiger partial charge >= 0.3 is 0 Å². The second kappa shape index (κ2) is 8.18. The van der Waals surface area contributed by atoms with E-state index in [2.05, 4.69) is 5.32 Å². The normalized spacial score (nSPS) is 17.9. The van der Waals surface area contributed by atoms with Crippen molar-refractivity contribution < 1.29 is 21.6 Å². The van der Waals surface area contributed by atoms with Gasteiger partial charge in [-0.2, -0.15) is 0 Å². The van der Waals surface area contributed by atoms with Crippen LogP contribution in [0.3, 0.4) is 0 Å². The van der Waals surface area contributed by atoms with Crippen LogP contribution >= 0.6 is 0 Å². The fraction of sp³-hybridized carbons (Fsp3) is 0.611. The molecule has 2 aliphatic rings. The maximum absolute atomic E-state index is 12.5. The quantitative estimate of drug-likeness (QED) is 0.690. The summed E-state index contributed by atoms with van der Waals surface area (Å²) in [6.07, 6.45) is 3.77. The number of sulfonamides is 1. The summed E-state index contributed by atoms with van der Waals surface area (Å²) in [4.78, 5) is 11.9. The minimum atomic E-state index is -3.53. The van der Waals surface area contributed by atoms with Gasteiger partial charge in [-0.3, -0.25) is 9.10 Å². The molecule has 1 amide bonds. The summed E-state index contributed by atoms with van der Waals surface area (Å²) in [5.74, 6) is -0.799. The van der Waals surface area contributed by atoms with Gasteiger partial charge in [0.15, 0.2) is 9.84 Å². The zero-order chi connectivity index (χ0) is 19.5. The lowest BCUT2D eigenvalue weighted by Crippen LogP contribution is -2.37. The van der Waals surface area contributed by atoms with Crippen molar-refractivity contribution >= 4 is 31.5 Å². The molecule has 150 valence electrons. The lowest BCUT2D eigenvalue weighted by molar-refractivity contribution is -0.120. The van der Waals surface area contributed by atoms with E-state index >= 15 is 0 Å². The molecule has 1 aromatic rings. The van der Waals surface area contributed by atoms with E-state index < -0.39 is 25.8 Å². The highest BCUT2D eigenvalue weighted by Crippen LogP contribution is 2.30. The average Bonchev–Trinajstić information content (AvgIpc) is 3.30. The van der Waals surface area contributed by atoms with Gasteiger partial charge in [-0.05, 0) is 30.9 Å². The first-order chi connectivity index (χ1) is 12.8. The first-order valence-corrected chi connectivity index (χ1v) is 12.7. The van der Waals surface area contributed by atoms with Crippen LogP contribution < -0.4 is 9.62 Å². The van der Waals surface area contributed by atoms with Crippen molar-refractivity contribution in [2.24, 2.45) is 0 Å². The van der Waals surface area contributed by atoms with Crippen LogP contribution in [0, 0.1) is 0 Å².